The van der Waals surface area contributed by atoms with Crippen molar-refractivity contribution in [1.82, 2.24) is 0 Å². The summed E-state index contributed by atoms with van der Waals surface area (Å²) in [5.41, 5.74) is 4.12. The van der Waals surface area contributed by atoms with Gasteiger partial charge in [0.2, 0.25) is 0 Å². The summed E-state index contributed by atoms with van der Waals surface area (Å²) in [6, 6.07) is 39.9. The fraction of sp³-hybridized carbons (Fsp3) is 0.222. The third-order valence-corrected chi connectivity index (χ3v) is 6.47. The summed E-state index contributed by atoms with van der Waals surface area (Å²) in [7, 11) is 0. The molecule has 0 radical (unpaired) electrons. The Morgan fingerprint density at radius 1 is 0.525 bits per heavy atom. The van der Waals surface area contributed by atoms with Crippen molar-refractivity contribution in [3.63, 3.8) is 0 Å². The molecular formula is C36H36O4. The lowest BCUT2D eigenvalue weighted by Gasteiger charge is -2.35. The predicted molar refractivity (Wildman–Crippen MR) is 159 cm³/mol. The van der Waals surface area contributed by atoms with Gasteiger partial charge < -0.3 is 18.9 Å². The first-order valence-corrected chi connectivity index (χ1v) is 13.5. The van der Waals surface area contributed by atoms with Crippen molar-refractivity contribution in [2.75, 3.05) is 0 Å². The smallest absolute Gasteiger partial charge is 0.147 e. The van der Waals surface area contributed by atoms with Crippen LogP contribution in [0.5, 0.6) is 0 Å². The Kier molecular flexibility index (Phi) is 11.8. The standard InChI is InChI=1S/C36H36O4/c1-3-33(37-25-29-17-9-5-10-18-29)35(39-27-31-21-13-7-14-22-31)36(40-28-32-23-15-8-16-24-32)34(4-2)38-26-30-19-11-6-12-20-30/h1,4-24,33-36H,2,25-28H2/t33-,34-,35-,36-/m1/s1. The van der Waals surface area contributed by atoms with Crippen molar-refractivity contribution in [2.45, 2.75) is 50.8 Å². The highest BCUT2D eigenvalue weighted by molar-refractivity contribution is 5.17. The third kappa shape index (κ3) is 9.05. The van der Waals surface area contributed by atoms with Gasteiger partial charge in [-0.2, -0.15) is 0 Å². The van der Waals surface area contributed by atoms with E-state index in [-0.39, 0.29) is 0 Å². The van der Waals surface area contributed by atoms with Gasteiger partial charge in [-0.1, -0.05) is 133 Å². The van der Waals surface area contributed by atoms with Gasteiger partial charge in [-0.3, -0.25) is 0 Å². The molecule has 0 amide bonds. The van der Waals surface area contributed by atoms with Crippen LogP contribution >= 0.6 is 0 Å². The van der Waals surface area contributed by atoms with Crippen LogP contribution in [-0.4, -0.2) is 24.4 Å². The first-order valence-electron chi connectivity index (χ1n) is 13.5. The second-order valence-electron chi connectivity index (χ2n) is 9.40. The molecule has 4 atom stereocenters. The normalized spacial score (nSPS) is 14.0. The van der Waals surface area contributed by atoms with Crippen molar-refractivity contribution in [3.8, 4) is 12.3 Å². The summed E-state index contributed by atoms with van der Waals surface area (Å²) < 4.78 is 25.8. The number of ether oxygens (including phenoxy) is 4. The van der Waals surface area contributed by atoms with Crippen LogP contribution in [0.15, 0.2) is 134 Å². The summed E-state index contributed by atoms with van der Waals surface area (Å²) in [6.45, 7) is 5.50. The van der Waals surface area contributed by atoms with Crippen LogP contribution in [0.1, 0.15) is 22.3 Å². The molecule has 0 saturated heterocycles. The fourth-order valence-electron chi connectivity index (χ4n) is 4.33. The number of rotatable bonds is 16. The van der Waals surface area contributed by atoms with Crippen LogP contribution in [0.3, 0.4) is 0 Å². The molecule has 0 heterocycles. The lowest BCUT2D eigenvalue weighted by atomic mass is 10.0. The van der Waals surface area contributed by atoms with Crippen LogP contribution < -0.4 is 0 Å². The van der Waals surface area contributed by atoms with E-state index in [1.807, 2.05) is 121 Å². The van der Waals surface area contributed by atoms with E-state index in [2.05, 4.69) is 12.5 Å². The third-order valence-electron chi connectivity index (χ3n) is 6.47. The van der Waals surface area contributed by atoms with E-state index in [1.165, 1.54) is 0 Å². The number of benzene rings is 4. The average molecular weight is 533 g/mol. The minimum Gasteiger partial charge on any atom is -0.368 e. The Morgan fingerprint density at radius 2 is 0.875 bits per heavy atom. The molecule has 4 heteroatoms. The average Bonchev–Trinajstić information content (AvgIpc) is 3.02. The van der Waals surface area contributed by atoms with Crippen LogP contribution in [0, 0.1) is 12.3 Å². The molecule has 0 saturated carbocycles. The van der Waals surface area contributed by atoms with Gasteiger partial charge in [0.05, 0.1) is 26.4 Å². The Morgan fingerprint density at radius 3 is 1.25 bits per heavy atom. The quantitative estimate of drug-likeness (QED) is 0.113. The summed E-state index contributed by atoms with van der Waals surface area (Å²) >= 11 is 0. The minimum absolute atomic E-state index is 0.339. The van der Waals surface area contributed by atoms with E-state index in [0.29, 0.717) is 26.4 Å². The molecule has 0 bridgehead atoms. The lowest BCUT2D eigenvalue weighted by molar-refractivity contribution is -0.170. The fourth-order valence-corrected chi connectivity index (χ4v) is 4.33. The van der Waals surface area contributed by atoms with Gasteiger partial charge in [-0.25, -0.2) is 0 Å². The van der Waals surface area contributed by atoms with Crippen LogP contribution in [0.25, 0.3) is 0 Å². The SMILES string of the molecule is C#C[C@@H](OCc1ccccc1)[C@@H](OCc1ccccc1)[C@H](OCc1ccccc1)[C@@H](C=C)OCc1ccccc1. The first kappa shape index (κ1) is 29.0. The van der Waals surface area contributed by atoms with E-state index in [0.717, 1.165) is 22.3 Å². The Balaban J connectivity index is 1.60. The summed E-state index contributed by atoms with van der Waals surface area (Å²) in [4.78, 5) is 0. The van der Waals surface area contributed by atoms with E-state index < -0.39 is 24.4 Å². The topological polar surface area (TPSA) is 36.9 Å². The maximum absolute atomic E-state index is 6.56. The highest BCUT2D eigenvalue weighted by Crippen LogP contribution is 2.23. The molecule has 0 unspecified atom stereocenters. The van der Waals surface area contributed by atoms with Gasteiger partial charge >= 0.3 is 0 Å². The molecule has 4 rings (SSSR count). The Labute approximate surface area is 238 Å². The first-order chi connectivity index (χ1) is 19.8. The largest absolute Gasteiger partial charge is 0.368 e. The zero-order chi connectivity index (χ0) is 27.8. The number of hydrogen-bond donors (Lipinski definition) is 0. The molecule has 4 aromatic rings. The van der Waals surface area contributed by atoms with Gasteiger partial charge in [0.1, 0.15) is 24.4 Å². The summed E-state index contributed by atoms with van der Waals surface area (Å²) in [6.07, 6.45) is 5.38. The molecule has 0 aliphatic carbocycles. The van der Waals surface area contributed by atoms with Gasteiger partial charge in [0.15, 0.2) is 0 Å². The Hall–Kier alpha value is -3.98. The number of terminal acetylenes is 1. The molecule has 0 N–H and O–H groups in total. The van der Waals surface area contributed by atoms with Gasteiger partial charge in [-0.05, 0) is 22.3 Å². The molecule has 0 spiro atoms. The molecule has 0 aliphatic heterocycles. The molecule has 40 heavy (non-hydrogen) atoms. The van der Waals surface area contributed by atoms with Gasteiger partial charge in [0.25, 0.3) is 0 Å². The van der Waals surface area contributed by atoms with Crippen molar-refractivity contribution >= 4 is 0 Å². The second-order valence-corrected chi connectivity index (χ2v) is 9.40. The zero-order valence-corrected chi connectivity index (χ0v) is 22.7. The molecule has 204 valence electrons. The predicted octanol–water partition coefficient (Wildman–Crippen LogP) is 7.15. The monoisotopic (exact) mass is 532 g/mol. The summed E-state index contributed by atoms with van der Waals surface area (Å²) in [5, 5.41) is 0. The maximum atomic E-state index is 6.56. The molecular weight excluding hydrogens is 496 g/mol. The van der Waals surface area contributed by atoms with E-state index in [4.69, 9.17) is 25.4 Å². The van der Waals surface area contributed by atoms with Crippen molar-refractivity contribution < 1.29 is 18.9 Å². The maximum Gasteiger partial charge on any atom is 0.147 e. The van der Waals surface area contributed by atoms with Gasteiger partial charge in [-0.15, -0.1) is 13.0 Å². The highest BCUT2D eigenvalue weighted by atomic mass is 16.6. The lowest BCUT2D eigenvalue weighted by Crippen LogP contribution is -2.48. The molecule has 0 fully saturated rings. The van der Waals surface area contributed by atoms with Crippen molar-refractivity contribution in [2.24, 2.45) is 0 Å². The zero-order valence-electron chi connectivity index (χ0n) is 22.7. The highest BCUT2D eigenvalue weighted by Gasteiger charge is 2.37. The molecule has 0 aliphatic rings. The number of hydrogen-bond acceptors (Lipinski definition) is 4. The summed E-state index contributed by atoms with van der Waals surface area (Å²) in [5.74, 6) is 2.82. The minimum atomic E-state index is -0.701. The second kappa shape index (κ2) is 16.2. The molecule has 4 nitrogen and oxygen atoms in total. The molecule has 4 aromatic carbocycles. The van der Waals surface area contributed by atoms with Crippen LogP contribution in [0.4, 0.5) is 0 Å². The van der Waals surface area contributed by atoms with Crippen LogP contribution in [-0.2, 0) is 45.4 Å². The van der Waals surface area contributed by atoms with Crippen LogP contribution in [0.2, 0.25) is 0 Å². The van der Waals surface area contributed by atoms with E-state index in [9.17, 15) is 0 Å². The molecule has 0 aromatic heterocycles. The van der Waals surface area contributed by atoms with Gasteiger partial charge in [0, 0.05) is 0 Å². The van der Waals surface area contributed by atoms with Crippen molar-refractivity contribution in [3.05, 3.63) is 156 Å². The van der Waals surface area contributed by atoms with Crippen molar-refractivity contribution in [1.29, 1.82) is 0 Å². The van der Waals surface area contributed by atoms with E-state index in [1.54, 1.807) is 6.08 Å². The van der Waals surface area contributed by atoms with E-state index >= 15 is 0 Å². The Bertz CT molecular complexity index is 1290.